The molecular formula is C23H23NO5S. The molecule has 0 aromatic heterocycles. The average molecular weight is 426 g/mol. The molecule has 0 aliphatic rings. The second kappa shape index (κ2) is 8.67. The summed E-state index contributed by atoms with van der Waals surface area (Å²) in [5.74, 6) is -1.28. The van der Waals surface area contributed by atoms with E-state index >= 15 is 0 Å². The third-order valence-electron chi connectivity index (χ3n) is 4.72. The van der Waals surface area contributed by atoms with Gasteiger partial charge in [-0.05, 0) is 43.0 Å². The van der Waals surface area contributed by atoms with Gasteiger partial charge in [-0.25, -0.2) is 4.79 Å². The number of carboxylic acid groups (broad SMARTS) is 1. The van der Waals surface area contributed by atoms with E-state index in [1.165, 1.54) is 13.8 Å². The van der Waals surface area contributed by atoms with Crippen LogP contribution in [0.2, 0.25) is 0 Å². The first-order valence-electron chi connectivity index (χ1n) is 9.32. The van der Waals surface area contributed by atoms with E-state index in [0.29, 0.717) is 5.75 Å². The Kier molecular flexibility index (Phi) is 6.22. The highest BCUT2D eigenvalue weighted by Gasteiger charge is 2.30. The minimum absolute atomic E-state index is 0.202. The van der Waals surface area contributed by atoms with Crippen LogP contribution in [-0.2, 0) is 22.2 Å². The molecule has 2 N–H and O–H groups in total. The van der Waals surface area contributed by atoms with Gasteiger partial charge in [-0.1, -0.05) is 42.5 Å². The second-order valence-electron chi connectivity index (χ2n) is 7.43. The number of ether oxygens (including phenoxy) is 1. The number of carboxylic acids is 1. The van der Waals surface area contributed by atoms with Gasteiger partial charge in [0, 0.05) is 27.3 Å². The Balaban J connectivity index is 1.94. The van der Waals surface area contributed by atoms with Gasteiger partial charge in [-0.2, -0.15) is 0 Å². The number of fused-ring (bicyclic) bond motifs is 1. The van der Waals surface area contributed by atoms with E-state index in [1.807, 2.05) is 36.4 Å². The maximum Gasteiger partial charge on any atom is 0.328 e. The zero-order valence-corrected chi connectivity index (χ0v) is 17.8. The smallest absolute Gasteiger partial charge is 0.328 e. The summed E-state index contributed by atoms with van der Waals surface area (Å²) in [6.07, 6.45) is 1.62. The molecule has 0 aliphatic heterocycles. The minimum atomic E-state index is -1.42. The van der Waals surface area contributed by atoms with Crippen LogP contribution in [0.5, 0.6) is 5.75 Å². The number of rotatable bonds is 7. The highest BCUT2D eigenvalue weighted by Crippen LogP contribution is 2.31. The van der Waals surface area contributed by atoms with Gasteiger partial charge in [0.2, 0.25) is 0 Å². The number of aliphatic carboxylic acids is 1. The molecule has 6 nitrogen and oxygen atoms in total. The van der Waals surface area contributed by atoms with E-state index in [4.69, 9.17) is 4.74 Å². The first-order valence-corrected chi connectivity index (χ1v) is 10.9. The monoisotopic (exact) mass is 425 g/mol. The molecular weight excluding hydrogens is 402 g/mol. The van der Waals surface area contributed by atoms with Crippen molar-refractivity contribution in [2.75, 3.05) is 6.26 Å². The Morgan fingerprint density at radius 1 is 1.03 bits per heavy atom. The molecule has 1 unspecified atom stereocenters. The third kappa shape index (κ3) is 4.68. The lowest BCUT2D eigenvalue weighted by molar-refractivity contribution is -0.143. The molecule has 30 heavy (non-hydrogen) atoms. The maximum absolute atomic E-state index is 12.9. The predicted molar refractivity (Wildman–Crippen MR) is 116 cm³/mol. The van der Waals surface area contributed by atoms with Gasteiger partial charge in [0.05, 0.1) is 5.56 Å². The number of carbonyl (C=O) groups excluding carboxylic acids is 1. The molecule has 0 spiro atoms. The molecule has 0 aliphatic carbocycles. The Hall–Kier alpha value is -3.19. The fourth-order valence-electron chi connectivity index (χ4n) is 2.91. The summed E-state index contributed by atoms with van der Waals surface area (Å²) < 4.78 is 17.6. The SMILES string of the molecule is CS(=O)c1ccc(COc2c(C(=O)NC(C)(C)C(=O)O)ccc3ccccc23)cc1. The van der Waals surface area contributed by atoms with Crippen molar-refractivity contribution in [3.63, 3.8) is 0 Å². The van der Waals surface area contributed by atoms with Crippen molar-refractivity contribution in [3.8, 4) is 5.75 Å². The zero-order valence-electron chi connectivity index (χ0n) is 17.0. The van der Waals surface area contributed by atoms with E-state index in [0.717, 1.165) is 21.2 Å². The van der Waals surface area contributed by atoms with Crippen molar-refractivity contribution >= 4 is 33.4 Å². The van der Waals surface area contributed by atoms with Crippen LogP contribution < -0.4 is 10.1 Å². The first kappa shape index (κ1) is 21.5. The zero-order chi connectivity index (χ0) is 21.9. The molecule has 0 fully saturated rings. The van der Waals surface area contributed by atoms with Crippen LogP contribution in [0.1, 0.15) is 29.8 Å². The van der Waals surface area contributed by atoms with Crippen LogP contribution in [0.15, 0.2) is 65.6 Å². The maximum atomic E-state index is 12.9. The van der Waals surface area contributed by atoms with Crippen molar-refractivity contribution in [1.82, 2.24) is 5.32 Å². The van der Waals surface area contributed by atoms with E-state index < -0.39 is 28.2 Å². The van der Waals surface area contributed by atoms with Crippen molar-refractivity contribution in [1.29, 1.82) is 0 Å². The number of carbonyl (C=O) groups is 2. The molecule has 3 aromatic rings. The highest BCUT2D eigenvalue weighted by atomic mass is 32.2. The van der Waals surface area contributed by atoms with E-state index in [9.17, 15) is 18.9 Å². The number of amides is 1. The average Bonchev–Trinajstić information content (AvgIpc) is 2.71. The number of benzene rings is 3. The molecule has 156 valence electrons. The van der Waals surface area contributed by atoms with Gasteiger partial charge in [0.1, 0.15) is 17.9 Å². The first-order chi connectivity index (χ1) is 14.2. The molecule has 0 heterocycles. The van der Waals surface area contributed by atoms with Crippen LogP contribution in [-0.4, -0.2) is 33.0 Å². The lowest BCUT2D eigenvalue weighted by Crippen LogP contribution is -2.49. The normalized spacial score (nSPS) is 12.4. The van der Waals surface area contributed by atoms with Crippen LogP contribution in [0.3, 0.4) is 0 Å². The van der Waals surface area contributed by atoms with Gasteiger partial charge in [-0.3, -0.25) is 9.00 Å². The van der Waals surface area contributed by atoms with Crippen LogP contribution in [0, 0.1) is 0 Å². The topological polar surface area (TPSA) is 92.7 Å². The molecule has 0 saturated carbocycles. The van der Waals surface area contributed by atoms with E-state index in [1.54, 1.807) is 30.5 Å². The summed E-state index contributed by atoms with van der Waals surface area (Å²) in [6, 6.07) is 18.2. The summed E-state index contributed by atoms with van der Waals surface area (Å²) in [5, 5.41) is 13.5. The summed E-state index contributed by atoms with van der Waals surface area (Å²) in [6.45, 7) is 3.05. The summed E-state index contributed by atoms with van der Waals surface area (Å²) in [7, 11) is -1.06. The third-order valence-corrected chi connectivity index (χ3v) is 5.66. The largest absolute Gasteiger partial charge is 0.487 e. The predicted octanol–water partition coefficient (Wildman–Crippen LogP) is 3.75. The molecule has 0 radical (unpaired) electrons. The van der Waals surface area contributed by atoms with Crippen molar-refractivity contribution in [3.05, 3.63) is 71.8 Å². The highest BCUT2D eigenvalue weighted by molar-refractivity contribution is 7.84. The molecule has 0 saturated heterocycles. The lowest BCUT2D eigenvalue weighted by Gasteiger charge is -2.22. The second-order valence-corrected chi connectivity index (χ2v) is 8.81. The van der Waals surface area contributed by atoms with Crippen molar-refractivity contribution in [2.24, 2.45) is 0 Å². The number of hydrogen-bond acceptors (Lipinski definition) is 4. The van der Waals surface area contributed by atoms with Crippen molar-refractivity contribution in [2.45, 2.75) is 30.9 Å². The number of hydrogen-bond donors (Lipinski definition) is 2. The van der Waals surface area contributed by atoms with Gasteiger partial charge in [0.25, 0.3) is 5.91 Å². The Labute approximate surface area is 177 Å². The van der Waals surface area contributed by atoms with E-state index in [-0.39, 0.29) is 12.2 Å². The number of nitrogens with one attached hydrogen (secondary N) is 1. The van der Waals surface area contributed by atoms with Crippen molar-refractivity contribution < 1.29 is 23.6 Å². The molecule has 0 bridgehead atoms. The minimum Gasteiger partial charge on any atom is -0.487 e. The van der Waals surface area contributed by atoms with Crippen LogP contribution >= 0.6 is 0 Å². The molecule has 7 heteroatoms. The standard InChI is InChI=1S/C23H23NO5S/c1-23(2,22(26)27)24-21(25)19-13-10-16-6-4-5-7-18(16)20(19)29-14-15-8-11-17(12-9-15)30(3)28/h4-13H,14H2,1-3H3,(H,24,25)(H,26,27). The van der Waals surface area contributed by atoms with E-state index in [2.05, 4.69) is 5.32 Å². The molecule has 3 rings (SSSR count). The summed E-state index contributed by atoms with van der Waals surface area (Å²) in [5.41, 5.74) is -0.310. The Bertz CT molecular complexity index is 1120. The molecule has 1 atom stereocenters. The van der Waals surface area contributed by atoms with Gasteiger partial charge < -0.3 is 15.2 Å². The fraction of sp³-hybridized carbons (Fsp3) is 0.217. The van der Waals surface area contributed by atoms with Crippen LogP contribution in [0.4, 0.5) is 0 Å². The lowest BCUT2D eigenvalue weighted by atomic mass is 10.0. The molecule has 3 aromatic carbocycles. The summed E-state index contributed by atoms with van der Waals surface area (Å²) >= 11 is 0. The van der Waals surface area contributed by atoms with Crippen LogP contribution in [0.25, 0.3) is 10.8 Å². The fourth-order valence-corrected chi connectivity index (χ4v) is 3.43. The Morgan fingerprint density at radius 2 is 1.70 bits per heavy atom. The van der Waals surface area contributed by atoms with Gasteiger partial charge >= 0.3 is 5.97 Å². The quantitative estimate of drug-likeness (QED) is 0.601. The Morgan fingerprint density at radius 3 is 2.33 bits per heavy atom. The van der Waals surface area contributed by atoms with Gasteiger partial charge in [-0.15, -0.1) is 0 Å². The molecule has 1 amide bonds. The van der Waals surface area contributed by atoms with Gasteiger partial charge in [0.15, 0.2) is 0 Å². The summed E-state index contributed by atoms with van der Waals surface area (Å²) in [4.78, 5) is 25.0.